The van der Waals surface area contributed by atoms with Gasteiger partial charge in [0.05, 0.1) is 0 Å². The van der Waals surface area contributed by atoms with Gasteiger partial charge in [-0.25, -0.2) is 4.68 Å². The van der Waals surface area contributed by atoms with Crippen LogP contribution in [0, 0.1) is 5.92 Å². The largest absolute Gasteiger partial charge is 0.354 e. The van der Waals surface area contributed by atoms with Crippen LogP contribution in [0.15, 0.2) is 67.0 Å². The summed E-state index contributed by atoms with van der Waals surface area (Å²) < 4.78 is 1.53. The highest BCUT2D eigenvalue weighted by molar-refractivity contribution is 5.80. The molecule has 3 aromatic rings. The SMILES string of the molecule is O=C(NC[C@@H]1C[C@H]1c1ccccc1)[C@H](Cc1ccccc1)n1cnnn1. The molecule has 1 N–H and O–H groups in total. The standard InChI is InChI=1S/C20H21N5O/c26-20(21-13-17-12-18(17)16-9-5-2-6-10-16)19(25-14-22-23-24-25)11-15-7-3-1-4-8-15/h1-10,14,17-19H,11-13H2,(H,21,26)/t17-,18-,19-/m0/s1. The fourth-order valence-electron chi connectivity index (χ4n) is 3.39. The Labute approximate surface area is 152 Å². The smallest absolute Gasteiger partial charge is 0.245 e. The summed E-state index contributed by atoms with van der Waals surface area (Å²) in [6.45, 7) is 0.686. The van der Waals surface area contributed by atoms with E-state index in [2.05, 4.69) is 45.1 Å². The highest BCUT2D eigenvalue weighted by Crippen LogP contribution is 2.46. The van der Waals surface area contributed by atoms with Gasteiger partial charge in [0.1, 0.15) is 12.4 Å². The van der Waals surface area contributed by atoms with E-state index in [4.69, 9.17) is 0 Å². The molecule has 3 atom stereocenters. The Bertz CT molecular complexity index is 835. The molecular weight excluding hydrogens is 326 g/mol. The second-order valence-electron chi connectivity index (χ2n) is 6.75. The second-order valence-corrected chi connectivity index (χ2v) is 6.75. The van der Waals surface area contributed by atoms with E-state index in [1.54, 1.807) is 0 Å². The van der Waals surface area contributed by atoms with E-state index in [1.165, 1.54) is 16.6 Å². The average Bonchev–Trinajstić information content (AvgIpc) is 3.27. The number of tetrazole rings is 1. The minimum atomic E-state index is -0.443. The van der Waals surface area contributed by atoms with Gasteiger partial charge in [-0.3, -0.25) is 4.79 Å². The normalized spacial score (nSPS) is 19.7. The summed E-state index contributed by atoms with van der Waals surface area (Å²) in [5.74, 6) is 1.02. The Morgan fingerprint density at radius 3 is 2.54 bits per heavy atom. The minimum absolute atomic E-state index is 0.0418. The van der Waals surface area contributed by atoms with E-state index in [-0.39, 0.29) is 5.91 Å². The first-order valence-electron chi connectivity index (χ1n) is 8.90. The molecule has 26 heavy (non-hydrogen) atoms. The zero-order valence-electron chi connectivity index (χ0n) is 14.4. The minimum Gasteiger partial charge on any atom is -0.354 e. The van der Waals surface area contributed by atoms with Crippen LogP contribution < -0.4 is 5.32 Å². The number of aromatic nitrogens is 4. The van der Waals surface area contributed by atoms with Crippen molar-refractivity contribution in [2.24, 2.45) is 5.92 Å². The van der Waals surface area contributed by atoms with Gasteiger partial charge in [-0.15, -0.1) is 5.10 Å². The van der Waals surface area contributed by atoms with Crippen molar-refractivity contribution in [2.45, 2.75) is 24.8 Å². The van der Waals surface area contributed by atoms with E-state index in [9.17, 15) is 4.79 Å². The number of amides is 1. The molecule has 132 valence electrons. The van der Waals surface area contributed by atoms with E-state index in [0.29, 0.717) is 24.8 Å². The third-order valence-electron chi connectivity index (χ3n) is 4.95. The predicted octanol–water partition coefficient (Wildman–Crippen LogP) is 2.38. The zero-order chi connectivity index (χ0) is 17.8. The quantitative estimate of drug-likeness (QED) is 0.712. The van der Waals surface area contributed by atoms with Gasteiger partial charge < -0.3 is 5.32 Å². The lowest BCUT2D eigenvalue weighted by Gasteiger charge is -2.16. The van der Waals surface area contributed by atoms with Gasteiger partial charge in [0, 0.05) is 13.0 Å². The Morgan fingerprint density at radius 2 is 1.85 bits per heavy atom. The monoisotopic (exact) mass is 347 g/mol. The number of hydrogen-bond acceptors (Lipinski definition) is 4. The van der Waals surface area contributed by atoms with Crippen LogP contribution in [0.2, 0.25) is 0 Å². The summed E-state index contributed by atoms with van der Waals surface area (Å²) in [6.07, 6.45) is 3.18. The fourth-order valence-corrected chi connectivity index (χ4v) is 3.39. The molecule has 0 spiro atoms. The molecule has 0 bridgehead atoms. The maximum Gasteiger partial charge on any atom is 0.245 e. The van der Waals surface area contributed by atoms with E-state index in [0.717, 1.165) is 12.0 Å². The number of carbonyl (C=O) groups excluding carboxylic acids is 1. The number of carbonyl (C=O) groups is 1. The molecule has 2 aromatic carbocycles. The Morgan fingerprint density at radius 1 is 1.12 bits per heavy atom. The Kier molecular flexibility index (Phi) is 4.73. The van der Waals surface area contributed by atoms with Crippen molar-refractivity contribution in [3.63, 3.8) is 0 Å². The summed E-state index contributed by atoms with van der Waals surface area (Å²) >= 11 is 0. The van der Waals surface area contributed by atoms with Gasteiger partial charge in [0.15, 0.2) is 0 Å². The van der Waals surface area contributed by atoms with E-state index >= 15 is 0 Å². The number of nitrogens with zero attached hydrogens (tertiary/aromatic N) is 4. The summed E-state index contributed by atoms with van der Waals surface area (Å²) in [5.41, 5.74) is 2.43. The third-order valence-corrected chi connectivity index (χ3v) is 4.95. The van der Waals surface area contributed by atoms with Crippen LogP contribution >= 0.6 is 0 Å². The first kappa shape index (κ1) is 16.4. The molecule has 6 nitrogen and oxygen atoms in total. The molecule has 1 heterocycles. The first-order chi connectivity index (χ1) is 12.8. The second kappa shape index (κ2) is 7.47. The summed E-state index contributed by atoms with van der Waals surface area (Å²) in [4.78, 5) is 12.8. The molecule has 0 radical (unpaired) electrons. The van der Waals surface area contributed by atoms with Crippen LogP contribution in [-0.2, 0) is 11.2 Å². The highest BCUT2D eigenvalue weighted by atomic mass is 16.2. The number of rotatable bonds is 7. The Hall–Kier alpha value is -3.02. The van der Waals surface area contributed by atoms with Crippen molar-refractivity contribution in [2.75, 3.05) is 6.54 Å². The number of hydrogen-bond donors (Lipinski definition) is 1. The molecule has 1 aliphatic rings. The van der Waals surface area contributed by atoms with Gasteiger partial charge in [-0.2, -0.15) is 0 Å². The topological polar surface area (TPSA) is 72.7 Å². The highest BCUT2D eigenvalue weighted by Gasteiger charge is 2.38. The van der Waals surface area contributed by atoms with Crippen LogP contribution in [0.25, 0.3) is 0 Å². The predicted molar refractivity (Wildman–Crippen MR) is 97.3 cm³/mol. The van der Waals surface area contributed by atoms with Gasteiger partial charge in [0.2, 0.25) is 5.91 Å². The number of benzene rings is 2. The van der Waals surface area contributed by atoms with Crippen molar-refractivity contribution in [1.82, 2.24) is 25.5 Å². The lowest BCUT2D eigenvalue weighted by atomic mass is 10.1. The molecule has 1 amide bonds. The summed E-state index contributed by atoms with van der Waals surface area (Å²) in [6, 6.07) is 20.0. The van der Waals surface area contributed by atoms with Crippen LogP contribution in [0.3, 0.4) is 0 Å². The van der Waals surface area contributed by atoms with Crippen molar-refractivity contribution >= 4 is 5.91 Å². The zero-order valence-corrected chi connectivity index (χ0v) is 14.4. The fraction of sp³-hybridized carbons (Fsp3) is 0.300. The lowest BCUT2D eigenvalue weighted by molar-refractivity contribution is -0.124. The maximum atomic E-state index is 12.8. The van der Waals surface area contributed by atoms with Crippen LogP contribution in [0.1, 0.15) is 29.5 Å². The van der Waals surface area contributed by atoms with Crippen LogP contribution in [-0.4, -0.2) is 32.7 Å². The van der Waals surface area contributed by atoms with Crippen molar-refractivity contribution < 1.29 is 4.79 Å². The van der Waals surface area contributed by atoms with Gasteiger partial charge in [0.25, 0.3) is 0 Å². The molecule has 6 heteroatoms. The van der Waals surface area contributed by atoms with Crippen molar-refractivity contribution in [3.05, 3.63) is 78.1 Å². The first-order valence-corrected chi connectivity index (χ1v) is 8.90. The molecular formula is C20H21N5O. The molecule has 0 aliphatic heterocycles. The van der Waals surface area contributed by atoms with Gasteiger partial charge in [-0.05, 0) is 39.8 Å². The molecule has 0 saturated heterocycles. The third kappa shape index (κ3) is 3.79. The van der Waals surface area contributed by atoms with Crippen LogP contribution in [0.5, 0.6) is 0 Å². The van der Waals surface area contributed by atoms with E-state index in [1.807, 2.05) is 36.4 Å². The number of nitrogens with one attached hydrogen (secondary N) is 1. The molecule has 1 aromatic heterocycles. The van der Waals surface area contributed by atoms with Crippen molar-refractivity contribution in [3.8, 4) is 0 Å². The van der Waals surface area contributed by atoms with Gasteiger partial charge >= 0.3 is 0 Å². The maximum absolute atomic E-state index is 12.8. The molecule has 1 fully saturated rings. The Balaban J connectivity index is 1.38. The molecule has 0 unspecified atom stereocenters. The molecule has 1 aliphatic carbocycles. The summed E-state index contributed by atoms with van der Waals surface area (Å²) in [7, 11) is 0. The van der Waals surface area contributed by atoms with E-state index < -0.39 is 6.04 Å². The van der Waals surface area contributed by atoms with Crippen molar-refractivity contribution in [1.29, 1.82) is 0 Å². The average molecular weight is 347 g/mol. The van der Waals surface area contributed by atoms with Crippen LogP contribution in [0.4, 0.5) is 0 Å². The van der Waals surface area contributed by atoms with Gasteiger partial charge in [-0.1, -0.05) is 60.7 Å². The summed E-state index contributed by atoms with van der Waals surface area (Å²) in [5, 5.41) is 14.4. The lowest BCUT2D eigenvalue weighted by Crippen LogP contribution is -2.35. The molecule has 4 rings (SSSR count). The molecule has 1 saturated carbocycles.